The summed E-state index contributed by atoms with van der Waals surface area (Å²) in [6.07, 6.45) is 1.57. The van der Waals surface area contributed by atoms with E-state index in [0.717, 1.165) is 10.6 Å². The molecule has 0 saturated carbocycles. The van der Waals surface area contributed by atoms with E-state index < -0.39 is 0 Å². The van der Waals surface area contributed by atoms with Crippen LogP contribution < -0.4 is 5.73 Å². The highest BCUT2D eigenvalue weighted by molar-refractivity contribution is 7.15. The van der Waals surface area contributed by atoms with E-state index in [4.69, 9.17) is 10.2 Å². The molecule has 3 nitrogen and oxygen atoms in total. The number of nitrogen functional groups attached to an aromatic ring is 1. The van der Waals surface area contributed by atoms with Gasteiger partial charge in [-0.1, -0.05) is 0 Å². The smallest absolute Gasteiger partial charge is 0.292 e. The lowest BCUT2D eigenvalue weighted by molar-refractivity contribution is 0.581. The van der Waals surface area contributed by atoms with E-state index in [1.807, 2.05) is 12.1 Å². The predicted molar refractivity (Wildman–Crippen MR) is 49.0 cm³/mol. The lowest BCUT2D eigenvalue weighted by Crippen LogP contribution is -1.81. The first kappa shape index (κ1) is 7.36. The Balaban J connectivity index is 2.43. The summed E-state index contributed by atoms with van der Waals surface area (Å²) in [6, 6.07) is 4.28. The second-order valence-corrected chi connectivity index (χ2v) is 3.77. The van der Waals surface area contributed by atoms with Gasteiger partial charge in [0.2, 0.25) is 0 Å². The van der Waals surface area contributed by atoms with Crippen molar-refractivity contribution in [3.05, 3.63) is 23.3 Å². The summed E-state index contributed by atoms with van der Waals surface area (Å²) in [6.45, 7) is 2.05. The van der Waals surface area contributed by atoms with Gasteiger partial charge < -0.3 is 10.2 Å². The van der Waals surface area contributed by atoms with Gasteiger partial charge in [0.05, 0.1) is 4.88 Å². The zero-order valence-corrected chi connectivity index (χ0v) is 7.39. The monoisotopic (exact) mass is 180 g/mol. The SMILES string of the molecule is Cc1ccc(-c2coc(N)n2)s1. The molecule has 0 aliphatic rings. The largest absolute Gasteiger partial charge is 0.432 e. The molecule has 0 saturated heterocycles. The summed E-state index contributed by atoms with van der Waals surface area (Å²) < 4.78 is 4.90. The van der Waals surface area contributed by atoms with E-state index in [9.17, 15) is 0 Å². The lowest BCUT2D eigenvalue weighted by atomic mass is 10.4. The van der Waals surface area contributed by atoms with E-state index in [1.165, 1.54) is 4.88 Å². The first-order valence-electron chi connectivity index (χ1n) is 3.53. The number of anilines is 1. The number of oxazole rings is 1. The van der Waals surface area contributed by atoms with Gasteiger partial charge in [0.15, 0.2) is 0 Å². The molecule has 0 radical (unpaired) electrons. The van der Waals surface area contributed by atoms with Crippen molar-refractivity contribution < 1.29 is 4.42 Å². The molecule has 0 atom stereocenters. The van der Waals surface area contributed by atoms with Crippen molar-refractivity contribution in [1.82, 2.24) is 4.98 Å². The molecule has 2 N–H and O–H groups in total. The minimum atomic E-state index is 0.219. The van der Waals surface area contributed by atoms with Crippen LogP contribution >= 0.6 is 11.3 Å². The number of nitrogens with zero attached hydrogens (tertiary/aromatic N) is 1. The first-order valence-corrected chi connectivity index (χ1v) is 4.35. The second-order valence-electron chi connectivity index (χ2n) is 2.48. The van der Waals surface area contributed by atoms with Crippen molar-refractivity contribution in [1.29, 1.82) is 0 Å². The van der Waals surface area contributed by atoms with Gasteiger partial charge in [0.1, 0.15) is 12.0 Å². The van der Waals surface area contributed by atoms with Crippen LogP contribution in [0.1, 0.15) is 4.88 Å². The fraction of sp³-hybridized carbons (Fsp3) is 0.125. The van der Waals surface area contributed by atoms with Gasteiger partial charge in [-0.05, 0) is 19.1 Å². The number of nitrogens with two attached hydrogens (primary N) is 1. The third-order valence-electron chi connectivity index (χ3n) is 1.51. The molecule has 0 amide bonds. The molecule has 0 spiro atoms. The quantitative estimate of drug-likeness (QED) is 0.732. The van der Waals surface area contributed by atoms with E-state index in [2.05, 4.69) is 11.9 Å². The summed E-state index contributed by atoms with van der Waals surface area (Å²) >= 11 is 1.68. The Labute approximate surface area is 73.8 Å². The maximum atomic E-state index is 5.35. The van der Waals surface area contributed by atoms with Crippen LogP contribution in [0.5, 0.6) is 0 Å². The number of rotatable bonds is 1. The molecule has 62 valence electrons. The van der Waals surface area contributed by atoms with E-state index in [0.29, 0.717) is 0 Å². The molecule has 0 bridgehead atoms. The van der Waals surface area contributed by atoms with Crippen LogP contribution in [0.3, 0.4) is 0 Å². The van der Waals surface area contributed by atoms with Crippen molar-refractivity contribution in [2.75, 3.05) is 5.73 Å². The third-order valence-corrected chi connectivity index (χ3v) is 2.54. The van der Waals surface area contributed by atoms with Gasteiger partial charge in [0.25, 0.3) is 6.01 Å². The third kappa shape index (κ3) is 1.21. The van der Waals surface area contributed by atoms with Crippen LogP contribution in [0, 0.1) is 6.92 Å². The Morgan fingerprint density at radius 3 is 2.83 bits per heavy atom. The Bertz CT molecular complexity index is 353. The Kier molecular flexibility index (Phi) is 1.62. The number of hydrogen-bond acceptors (Lipinski definition) is 4. The van der Waals surface area contributed by atoms with Crippen molar-refractivity contribution >= 4 is 17.4 Å². The molecule has 2 aromatic rings. The number of aryl methyl sites for hydroxylation is 1. The molecular weight excluding hydrogens is 172 g/mol. The van der Waals surface area contributed by atoms with Crippen LogP contribution in [0.2, 0.25) is 0 Å². The Hall–Kier alpha value is -1.29. The molecule has 0 fully saturated rings. The Morgan fingerprint density at radius 1 is 1.50 bits per heavy atom. The highest BCUT2D eigenvalue weighted by atomic mass is 32.1. The average Bonchev–Trinajstić information content (AvgIpc) is 2.58. The molecule has 2 heterocycles. The molecule has 2 rings (SSSR count). The van der Waals surface area contributed by atoms with E-state index in [-0.39, 0.29) is 6.01 Å². The number of hydrogen-bond donors (Lipinski definition) is 1. The normalized spacial score (nSPS) is 10.4. The zero-order chi connectivity index (χ0) is 8.55. The summed E-state index contributed by atoms with van der Waals surface area (Å²) in [5, 5.41) is 0. The maximum absolute atomic E-state index is 5.35. The zero-order valence-electron chi connectivity index (χ0n) is 6.57. The highest BCUT2D eigenvalue weighted by Crippen LogP contribution is 2.26. The van der Waals surface area contributed by atoms with Crippen LogP contribution in [0.4, 0.5) is 6.01 Å². The van der Waals surface area contributed by atoms with E-state index >= 15 is 0 Å². The minimum Gasteiger partial charge on any atom is -0.432 e. The molecule has 0 unspecified atom stereocenters. The fourth-order valence-corrected chi connectivity index (χ4v) is 1.79. The molecule has 0 aliphatic carbocycles. The van der Waals surface area contributed by atoms with E-state index in [1.54, 1.807) is 17.6 Å². The van der Waals surface area contributed by atoms with Gasteiger partial charge in [-0.3, -0.25) is 0 Å². The van der Waals surface area contributed by atoms with Crippen molar-refractivity contribution in [2.45, 2.75) is 6.92 Å². The molecule has 12 heavy (non-hydrogen) atoms. The fourth-order valence-electron chi connectivity index (χ4n) is 0.973. The minimum absolute atomic E-state index is 0.219. The highest BCUT2D eigenvalue weighted by Gasteiger charge is 2.04. The number of aromatic nitrogens is 1. The van der Waals surface area contributed by atoms with Gasteiger partial charge in [-0.25, -0.2) is 0 Å². The van der Waals surface area contributed by atoms with Crippen LogP contribution in [0.15, 0.2) is 22.8 Å². The topological polar surface area (TPSA) is 52.0 Å². The van der Waals surface area contributed by atoms with Crippen LogP contribution in [-0.4, -0.2) is 4.98 Å². The average molecular weight is 180 g/mol. The molecular formula is C8H8N2OS. The maximum Gasteiger partial charge on any atom is 0.292 e. The van der Waals surface area contributed by atoms with Crippen molar-refractivity contribution in [3.8, 4) is 10.6 Å². The molecule has 0 aliphatic heterocycles. The van der Waals surface area contributed by atoms with Gasteiger partial charge in [0, 0.05) is 4.88 Å². The number of thiophene rings is 1. The first-order chi connectivity index (χ1) is 5.75. The van der Waals surface area contributed by atoms with Gasteiger partial charge in [-0.15, -0.1) is 11.3 Å². The van der Waals surface area contributed by atoms with Crippen molar-refractivity contribution in [2.24, 2.45) is 0 Å². The summed E-state index contributed by atoms with van der Waals surface area (Å²) in [5.74, 6) is 0. The lowest BCUT2D eigenvalue weighted by Gasteiger charge is -1.83. The van der Waals surface area contributed by atoms with Gasteiger partial charge in [-0.2, -0.15) is 4.98 Å². The Morgan fingerprint density at radius 2 is 2.33 bits per heavy atom. The van der Waals surface area contributed by atoms with Gasteiger partial charge >= 0.3 is 0 Å². The van der Waals surface area contributed by atoms with Crippen molar-refractivity contribution in [3.63, 3.8) is 0 Å². The molecule has 4 heteroatoms. The summed E-state index contributed by atoms with van der Waals surface area (Å²) in [7, 11) is 0. The predicted octanol–water partition coefficient (Wildman–Crippen LogP) is 2.29. The summed E-state index contributed by atoms with van der Waals surface area (Å²) in [4.78, 5) is 6.36. The second kappa shape index (κ2) is 2.64. The standard InChI is InChI=1S/C8H8N2OS/c1-5-2-3-7(12-5)6-4-11-8(9)10-6/h2-4H,1H3,(H2,9,10). The van der Waals surface area contributed by atoms with Crippen LogP contribution in [-0.2, 0) is 0 Å². The molecule has 0 aromatic carbocycles. The van der Waals surface area contributed by atoms with Crippen LogP contribution in [0.25, 0.3) is 10.6 Å². The summed E-state index contributed by atoms with van der Waals surface area (Å²) in [5.41, 5.74) is 6.16. The molecule has 2 aromatic heterocycles.